The number of nitrogens with one attached hydrogen (secondary N) is 1. The second-order valence-electron chi connectivity index (χ2n) is 8.96. The quantitative estimate of drug-likeness (QED) is 0.766. The zero-order valence-electron chi connectivity index (χ0n) is 17.7. The lowest BCUT2D eigenvalue weighted by Gasteiger charge is -2.48. The molecule has 162 valence electrons. The van der Waals surface area contributed by atoms with Gasteiger partial charge in [-0.25, -0.2) is 0 Å². The highest BCUT2D eigenvalue weighted by Gasteiger charge is 2.53. The fourth-order valence-electron chi connectivity index (χ4n) is 5.48. The first-order valence-corrected chi connectivity index (χ1v) is 11.9. The van der Waals surface area contributed by atoms with Crippen molar-refractivity contribution in [1.29, 1.82) is 0 Å². The highest BCUT2D eigenvalue weighted by molar-refractivity contribution is 7.10. The number of hydrogen-bond donors (Lipinski definition) is 1. The zero-order chi connectivity index (χ0) is 21.6. The van der Waals surface area contributed by atoms with Crippen LogP contribution in [0.25, 0.3) is 0 Å². The Morgan fingerprint density at radius 2 is 1.97 bits per heavy atom. The molecule has 1 N–H and O–H groups in total. The SMILES string of the molecule is CC12CCC(=O)N1c1ccccc1C(=O)N2CC(=O)NC(c1cccs1)C1CCCC1. The summed E-state index contributed by atoms with van der Waals surface area (Å²) >= 11 is 1.66. The zero-order valence-corrected chi connectivity index (χ0v) is 18.5. The van der Waals surface area contributed by atoms with Crippen LogP contribution in [0.3, 0.4) is 0 Å². The van der Waals surface area contributed by atoms with Gasteiger partial charge in [0.05, 0.1) is 17.3 Å². The third kappa shape index (κ3) is 3.35. The summed E-state index contributed by atoms with van der Waals surface area (Å²) in [4.78, 5) is 43.8. The van der Waals surface area contributed by atoms with Gasteiger partial charge in [0.25, 0.3) is 5.91 Å². The number of amides is 3. The van der Waals surface area contributed by atoms with E-state index in [9.17, 15) is 14.4 Å². The van der Waals surface area contributed by atoms with Crippen LogP contribution in [0.2, 0.25) is 0 Å². The van der Waals surface area contributed by atoms with Crippen LogP contribution in [0.15, 0.2) is 41.8 Å². The van der Waals surface area contributed by atoms with Gasteiger partial charge in [-0.3, -0.25) is 19.3 Å². The third-order valence-electron chi connectivity index (χ3n) is 7.08. The van der Waals surface area contributed by atoms with Crippen molar-refractivity contribution in [3.63, 3.8) is 0 Å². The van der Waals surface area contributed by atoms with E-state index >= 15 is 0 Å². The van der Waals surface area contributed by atoms with E-state index in [1.54, 1.807) is 33.3 Å². The summed E-state index contributed by atoms with van der Waals surface area (Å²) in [5.41, 5.74) is 0.316. The standard InChI is InChI=1S/C24H27N3O3S/c1-24-13-12-21(29)27(24)18-10-5-4-9-17(18)23(30)26(24)15-20(28)25-22(16-7-2-3-8-16)19-11-6-14-31-19/h4-6,9-11,14,16,22H,2-3,7-8,12-13,15H2,1H3,(H,25,28). The average molecular weight is 438 g/mol. The van der Waals surface area contributed by atoms with E-state index in [4.69, 9.17) is 0 Å². The Balaban J connectivity index is 1.41. The molecule has 6 nitrogen and oxygen atoms in total. The van der Waals surface area contributed by atoms with E-state index < -0.39 is 5.66 Å². The Morgan fingerprint density at radius 1 is 1.19 bits per heavy atom. The largest absolute Gasteiger partial charge is 0.347 e. The Morgan fingerprint density at radius 3 is 2.71 bits per heavy atom. The first-order valence-electron chi connectivity index (χ1n) is 11.1. The molecule has 1 aliphatic carbocycles. The molecular formula is C24H27N3O3S. The van der Waals surface area contributed by atoms with Crippen molar-refractivity contribution >= 4 is 34.7 Å². The van der Waals surface area contributed by atoms with Crippen molar-refractivity contribution in [1.82, 2.24) is 10.2 Å². The van der Waals surface area contributed by atoms with Crippen molar-refractivity contribution in [3.05, 3.63) is 52.2 Å². The summed E-state index contributed by atoms with van der Waals surface area (Å²) in [7, 11) is 0. The second kappa shape index (κ2) is 7.79. The molecule has 3 aliphatic rings. The molecule has 2 unspecified atom stereocenters. The van der Waals surface area contributed by atoms with Crippen molar-refractivity contribution in [3.8, 4) is 0 Å². The number of thiophene rings is 1. The van der Waals surface area contributed by atoms with Crippen LogP contribution in [0.4, 0.5) is 5.69 Å². The number of para-hydroxylation sites is 1. The van der Waals surface area contributed by atoms with E-state index in [1.807, 2.05) is 30.5 Å². The maximum Gasteiger partial charge on any atom is 0.258 e. The number of fused-ring (bicyclic) bond motifs is 3. The molecule has 1 saturated heterocycles. The smallest absolute Gasteiger partial charge is 0.258 e. The Labute approximate surface area is 186 Å². The number of nitrogens with zero attached hydrogens (tertiary/aromatic N) is 2. The van der Waals surface area contributed by atoms with Gasteiger partial charge in [-0.05, 0) is 55.7 Å². The highest BCUT2D eigenvalue weighted by Crippen LogP contribution is 2.44. The normalized spacial score (nSPS) is 24.3. The fourth-order valence-corrected chi connectivity index (χ4v) is 6.35. The number of carbonyl (C=O) groups is 3. The van der Waals surface area contributed by atoms with Gasteiger partial charge in [0, 0.05) is 11.3 Å². The molecule has 0 bridgehead atoms. The van der Waals surface area contributed by atoms with Gasteiger partial charge in [-0.2, -0.15) is 0 Å². The number of benzene rings is 1. The van der Waals surface area contributed by atoms with Gasteiger partial charge in [0.2, 0.25) is 11.8 Å². The number of rotatable bonds is 5. The van der Waals surface area contributed by atoms with Crippen LogP contribution in [0.1, 0.15) is 66.7 Å². The predicted octanol–water partition coefficient (Wildman–Crippen LogP) is 4.09. The van der Waals surface area contributed by atoms with Gasteiger partial charge in [0.15, 0.2) is 0 Å². The highest BCUT2D eigenvalue weighted by atomic mass is 32.1. The van der Waals surface area contributed by atoms with E-state index in [2.05, 4.69) is 11.4 Å². The van der Waals surface area contributed by atoms with Crippen molar-refractivity contribution < 1.29 is 14.4 Å². The van der Waals surface area contributed by atoms with E-state index in [-0.39, 0.29) is 30.3 Å². The average Bonchev–Trinajstić information content (AvgIpc) is 3.52. The summed E-state index contributed by atoms with van der Waals surface area (Å²) in [6.45, 7) is 1.84. The topological polar surface area (TPSA) is 69.7 Å². The van der Waals surface area contributed by atoms with E-state index in [0.717, 1.165) is 12.8 Å². The van der Waals surface area contributed by atoms with Crippen LogP contribution in [-0.4, -0.2) is 34.8 Å². The summed E-state index contributed by atoms with van der Waals surface area (Å²) < 4.78 is 0. The fraction of sp³-hybridized carbons (Fsp3) is 0.458. The maximum atomic E-state index is 13.4. The molecule has 2 atom stereocenters. The number of hydrogen-bond acceptors (Lipinski definition) is 4. The summed E-state index contributed by atoms with van der Waals surface area (Å²) in [5, 5.41) is 5.27. The molecule has 31 heavy (non-hydrogen) atoms. The molecule has 1 aromatic carbocycles. The molecule has 3 heterocycles. The first kappa shape index (κ1) is 20.2. The van der Waals surface area contributed by atoms with E-state index in [0.29, 0.717) is 30.0 Å². The monoisotopic (exact) mass is 437 g/mol. The van der Waals surface area contributed by atoms with Gasteiger partial charge < -0.3 is 10.2 Å². The maximum absolute atomic E-state index is 13.4. The molecule has 7 heteroatoms. The minimum Gasteiger partial charge on any atom is -0.347 e. The van der Waals surface area contributed by atoms with Crippen molar-refractivity contribution in [2.24, 2.45) is 5.92 Å². The summed E-state index contributed by atoms with van der Waals surface area (Å²) in [6, 6.07) is 11.3. The van der Waals surface area contributed by atoms with Crippen LogP contribution in [0, 0.1) is 5.92 Å². The minimum atomic E-state index is -0.814. The van der Waals surface area contributed by atoms with Crippen LogP contribution >= 0.6 is 11.3 Å². The lowest BCUT2D eigenvalue weighted by Crippen LogP contribution is -2.64. The molecule has 5 rings (SSSR count). The third-order valence-corrected chi connectivity index (χ3v) is 8.04. The first-order chi connectivity index (χ1) is 15.0. The summed E-state index contributed by atoms with van der Waals surface area (Å²) in [6.07, 6.45) is 5.50. The van der Waals surface area contributed by atoms with Crippen LogP contribution in [0.5, 0.6) is 0 Å². The minimum absolute atomic E-state index is 0.00437. The molecule has 2 aliphatic heterocycles. The molecule has 1 aromatic heterocycles. The van der Waals surface area contributed by atoms with Gasteiger partial charge in [-0.1, -0.05) is 31.0 Å². The van der Waals surface area contributed by atoms with Gasteiger partial charge >= 0.3 is 0 Å². The molecule has 0 radical (unpaired) electrons. The van der Waals surface area contributed by atoms with Gasteiger partial charge in [0.1, 0.15) is 12.2 Å². The molecule has 0 spiro atoms. The lowest BCUT2D eigenvalue weighted by molar-refractivity contribution is -0.125. The predicted molar refractivity (Wildman–Crippen MR) is 120 cm³/mol. The number of carbonyl (C=O) groups excluding carboxylic acids is 3. The Bertz CT molecular complexity index is 1010. The van der Waals surface area contributed by atoms with Crippen molar-refractivity contribution in [2.75, 3.05) is 11.4 Å². The molecule has 3 amide bonds. The number of anilines is 1. The molecule has 1 saturated carbocycles. The Kier molecular flexibility index (Phi) is 5.08. The van der Waals surface area contributed by atoms with Crippen LogP contribution in [-0.2, 0) is 9.59 Å². The second-order valence-corrected chi connectivity index (χ2v) is 9.94. The lowest BCUT2D eigenvalue weighted by atomic mass is 9.96. The summed E-state index contributed by atoms with van der Waals surface area (Å²) in [5.74, 6) is 0.0714. The molecule has 2 fully saturated rings. The molecular weight excluding hydrogens is 410 g/mol. The Hall–Kier alpha value is -2.67. The molecule has 2 aromatic rings. The van der Waals surface area contributed by atoms with E-state index in [1.165, 1.54) is 17.7 Å². The van der Waals surface area contributed by atoms with Crippen LogP contribution < -0.4 is 10.2 Å². The van der Waals surface area contributed by atoms with Gasteiger partial charge in [-0.15, -0.1) is 11.3 Å². The van der Waals surface area contributed by atoms with Crippen molar-refractivity contribution in [2.45, 2.75) is 57.2 Å².